The Morgan fingerprint density at radius 2 is 1.79 bits per heavy atom. The monoisotopic (exact) mass is 378 g/mol. The Morgan fingerprint density at radius 1 is 1.00 bits per heavy atom. The number of amides is 1. The minimum absolute atomic E-state index is 0.0287. The third-order valence-corrected chi connectivity index (χ3v) is 5.12. The van der Waals surface area contributed by atoms with Crippen molar-refractivity contribution in [1.29, 1.82) is 0 Å². The van der Waals surface area contributed by atoms with Crippen LogP contribution < -0.4 is 4.90 Å². The highest BCUT2D eigenvalue weighted by Gasteiger charge is 2.21. The number of aromatic amines is 1. The van der Waals surface area contributed by atoms with Gasteiger partial charge in [-0.2, -0.15) is 5.10 Å². The molecular weight excluding hydrogens is 355 g/mol. The number of rotatable bonds is 4. The third kappa shape index (κ3) is 4.06. The standard InChI is InChI=1S/C22H23FN4O/c23-19-10-5-4-9-18(19)15-22(28)27-12-6-11-26(13-14-27)21-16-20(24-25-21)17-7-2-1-3-8-17/h1-5,7-10,16H,6,11-15H2,(H,24,25). The molecular formula is C22H23FN4O. The van der Waals surface area contributed by atoms with Crippen LogP contribution in [0.3, 0.4) is 0 Å². The first kappa shape index (κ1) is 18.2. The smallest absolute Gasteiger partial charge is 0.227 e. The van der Waals surface area contributed by atoms with Gasteiger partial charge in [-0.3, -0.25) is 9.89 Å². The van der Waals surface area contributed by atoms with Crippen molar-refractivity contribution >= 4 is 11.7 Å². The normalized spacial score (nSPS) is 14.8. The molecule has 6 heteroatoms. The van der Waals surface area contributed by atoms with Crippen molar-refractivity contribution in [2.45, 2.75) is 12.8 Å². The summed E-state index contributed by atoms with van der Waals surface area (Å²) in [7, 11) is 0. The Labute approximate surface area is 163 Å². The van der Waals surface area contributed by atoms with Gasteiger partial charge in [-0.05, 0) is 23.6 Å². The molecule has 144 valence electrons. The lowest BCUT2D eigenvalue weighted by molar-refractivity contribution is -0.130. The average Bonchev–Trinajstić information content (AvgIpc) is 3.08. The molecule has 1 aromatic heterocycles. The predicted octanol–water partition coefficient (Wildman–Crippen LogP) is 3.50. The van der Waals surface area contributed by atoms with Crippen LogP contribution in [-0.2, 0) is 11.2 Å². The van der Waals surface area contributed by atoms with Crippen molar-refractivity contribution in [3.8, 4) is 11.3 Å². The van der Waals surface area contributed by atoms with Gasteiger partial charge >= 0.3 is 0 Å². The number of nitrogens with zero attached hydrogens (tertiary/aromatic N) is 3. The summed E-state index contributed by atoms with van der Waals surface area (Å²) in [4.78, 5) is 16.6. The number of benzene rings is 2. The average molecular weight is 378 g/mol. The highest BCUT2D eigenvalue weighted by molar-refractivity contribution is 5.79. The second-order valence-corrected chi connectivity index (χ2v) is 7.00. The van der Waals surface area contributed by atoms with Crippen LogP contribution in [0.2, 0.25) is 0 Å². The Balaban J connectivity index is 1.39. The zero-order chi connectivity index (χ0) is 19.3. The second kappa shape index (κ2) is 8.25. The van der Waals surface area contributed by atoms with E-state index in [0.29, 0.717) is 25.2 Å². The van der Waals surface area contributed by atoms with Gasteiger partial charge in [-0.15, -0.1) is 0 Å². The first-order valence-corrected chi connectivity index (χ1v) is 9.57. The molecule has 0 aliphatic carbocycles. The quantitative estimate of drug-likeness (QED) is 0.756. The number of nitrogens with one attached hydrogen (secondary N) is 1. The topological polar surface area (TPSA) is 52.2 Å². The van der Waals surface area contributed by atoms with Gasteiger partial charge < -0.3 is 9.80 Å². The van der Waals surface area contributed by atoms with Crippen molar-refractivity contribution < 1.29 is 9.18 Å². The maximum absolute atomic E-state index is 13.8. The number of H-pyrrole nitrogens is 1. The van der Waals surface area contributed by atoms with Crippen LogP contribution in [0.15, 0.2) is 60.7 Å². The van der Waals surface area contributed by atoms with Gasteiger partial charge in [-0.1, -0.05) is 48.5 Å². The lowest BCUT2D eigenvalue weighted by Crippen LogP contribution is -2.36. The zero-order valence-corrected chi connectivity index (χ0v) is 15.6. The fourth-order valence-electron chi connectivity index (χ4n) is 3.55. The van der Waals surface area contributed by atoms with Gasteiger partial charge in [0.1, 0.15) is 5.82 Å². The van der Waals surface area contributed by atoms with E-state index in [-0.39, 0.29) is 18.1 Å². The minimum Gasteiger partial charge on any atom is -0.353 e. The van der Waals surface area contributed by atoms with Crippen LogP contribution >= 0.6 is 0 Å². The molecule has 0 spiro atoms. The van der Waals surface area contributed by atoms with Gasteiger partial charge in [0.05, 0.1) is 12.1 Å². The van der Waals surface area contributed by atoms with E-state index in [2.05, 4.69) is 15.1 Å². The van der Waals surface area contributed by atoms with E-state index in [1.165, 1.54) is 6.07 Å². The van der Waals surface area contributed by atoms with Crippen molar-refractivity contribution in [1.82, 2.24) is 15.1 Å². The predicted molar refractivity (Wildman–Crippen MR) is 108 cm³/mol. The summed E-state index contributed by atoms with van der Waals surface area (Å²) in [6.45, 7) is 2.84. The lowest BCUT2D eigenvalue weighted by atomic mass is 10.1. The lowest BCUT2D eigenvalue weighted by Gasteiger charge is -2.22. The van der Waals surface area contributed by atoms with E-state index in [4.69, 9.17) is 0 Å². The van der Waals surface area contributed by atoms with Gasteiger partial charge in [-0.25, -0.2) is 4.39 Å². The number of anilines is 1. The SMILES string of the molecule is O=C(Cc1ccccc1F)N1CCCN(c2cc(-c3ccccc3)[nH]n2)CC1. The van der Waals surface area contributed by atoms with Gasteiger partial charge in [0, 0.05) is 32.2 Å². The first-order chi connectivity index (χ1) is 13.7. The van der Waals surface area contributed by atoms with E-state index in [1.807, 2.05) is 41.3 Å². The van der Waals surface area contributed by atoms with E-state index < -0.39 is 0 Å². The summed E-state index contributed by atoms with van der Waals surface area (Å²) < 4.78 is 13.8. The van der Waals surface area contributed by atoms with Crippen molar-refractivity contribution in [3.63, 3.8) is 0 Å². The number of carbonyl (C=O) groups excluding carboxylic acids is 1. The zero-order valence-electron chi connectivity index (χ0n) is 15.6. The van der Waals surface area contributed by atoms with Crippen LogP contribution in [-0.4, -0.2) is 47.2 Å². The van der Waals surface area contributed by atoms with Crippen LogP contribution in [0, 0.1) is 5.82 Å². The summed E-state index contributed by atoms with van der Waals surface area (Å²) >= 11 is 0. The van der Waals surface area contributed by atoms with Crippen molar-refractivity contribution in [2.24, 2.45) is 0 Å². The third-order valence-electron chi connectivity index (χ3n) is 5.12. The van der Waals surface area contributed by atoms with Gasteiger partial charge in [0.25, 0.3) is 0 Å². The second-order valence-electron chi connectivity index (χ2n) is 7.00. The molecule has 1 amide bonds. The fraction of sp³-hybridized carbons (Fsp3) is 0.273. The largest absolute Gasteiger partial charge is 0.353 e. The van der Waals surface area contributed by atoms with Crippen LogP contribution in [0.25, 0.3) is 11.3 Å². The Hall–Kier alpha value is -3.15. The highest BCUT2D eigenvalue weighted by atomic mass is 19.1. The molecule has 5 nitrogen and oxygen atoms in total. The van der Waals surface area contributed by atoms with Crippen LogP contribution in [0.5, 0.6) is 0 Å². The molecule has 0 bridgehead atoms. The summed E-state index contributed by atoms with van der Waals surface area (Å²) in [6.07, 6.45) is 0.962. The number of carbonyl (C=O) groups is 1. The summed E-state index contributed by atoms with van der Waals surface area (Å²) in [5.41, 5.74) is 2.53. The Bertz CT molecular complexity index is 940. The maximum Gasteiger partial charge on any atom is 0.227 e. The Morgan fingerprint density at radius 3 is 2.61 bits per heavy atom. The number of hydrogen-bond donors (Lipinski definition) is 1. The molecule has 1 fully saturated rings. The summed E-state index contributed by atoms with van der Waals surface area (Å²) in [5.74, 6) is 0.540. The molecule has 28 heavy (non-hydrogen) atoms. The summed E-state index contributed by atoms with van der Waals surface area (Å²) in [6, 6.07) is 18.6. The van der Waals surface area contributed by atoms with Crippen molar-refractivity contribution in [3.05, 3.63) is 72.0 Å². The summed E-state index contributed by atoms with van der Waals surface area (Å²) in [5, 5.41) is 7.55. The number of halogens is 1. The molecule has 1 saturated heterocycles. The van der Waals surface area contributed by atoms with E-state index in [1.54, 1.807) is 18.2 Å². The molecule has 3 aromatic rings. The molecule has 1 aliphatic rings. The molecule has 0 saturated carbocycles. The fourth-order valence-corrected chi connectivity index (χ4v) is 3.55. The maximum atomic E-state index is 13.8. The van der Waals surface area contributed by atoms with Crippen LogP contribution in [0.1, 0.15) is 12.0 Å². The molecule has 4 rings (SSSR count). The van der Waals surface area contributed by atoms with E-state index >= 15 is 0 Å². The Kier molecular flexibility index (Phi) is 5.37. The molecule has 0 atom stereocenters. The minimum atomic E-state index is -0.322. The molecule has 0 unspecified atom stereocenters. The molecule has 0 radical (unpaired) electrons. The van der Waals surface area contributed by atoms with Crippen molar-refractivity contribution in [2.75, 3.05) is 31.1 Å². The first-order valence-electron chi connectivity index (χ1n) is 9.57. The number of aromatic nitrogens is 2. The van der Waals surface area contributed by atoms with Gasteiger partial charge in [0.15, 0.2) is 5.82 Å². The van der Waals surface area contributed by atoms with Crippen LogP contribution in [0.4, 0.5) is 10.2 Å². The molecule has 2 aromatic carbocycles. The highest BCUT2D eigenvalue weighted by Crippen LogP contribution is 2.22. The van der Waals surface area contributed by atoms with Gasteiger partial charge in [0.2, 0.25) is 5.91 Å². The van der Waals surface area contributed by atoms with E-state index in [0.717, 1.165) is 30.0 Å². The molecule has 1 aliphatic heterocycles. The number of hydrogen-bond acceptors (Lipinski definition) is 3. The molecule has 2 heterocycles. The van der Waals surface area contributed by atoms with E-state index in [9.17, 15) is 9.18 Å². The molecule has 1 N–H and O–H groups in total.